The van der Waals surface area contributed by atoms with Crippen LogP contribution in [0.15, 0.2) is 78.0 Å². The molecule has 0 aliphatic heterocycles. The Kier molecular flexibility index (Phi) is 12.9. The summed E-state index contributed by atoms with van der Waals surface area (Å²) in [5.74, 6) is -0.128. The van der Waals surface area contributed by atoms with Gasteiger partial charge in [-0.1, -0.05) is 119 Å². The van der Waals surface area contributed by atoms with Crippen LogP contribution in [0.25, 0.3) is 17.2 Å². The van der Waals surface area contributed by atoms with Gasteiger partial charge in [-0.25, -0.2) is 4.79 Å². The third-order valence-corrected chi connectivity index (χ3v) is 10.6. The average Bonchev–Trinajstić information content (AvgIpc) is 3.44. The SMILES string of the molecule is CC/C=C\c1ccccc1/C(=C(/c1ccc(C(=O)NC2(/C(N)=N/OCc3ccc(C(=O)O)cc3)CCCC2)cc1C)C1CCCCCC1)C(C)C. The lowest BCUT2D eigenvalue weighted by Gasteiger charge is -2.30. The Morgan fingerprint density at radius 1 is 0.941 bits per heavy atom. The molecular formula is C44H55N3O4. The molecule has 2 saturated carbocycles. The van der Waals surface area contributed by atoms with Crippen LogP contribution in [0.2, 0.25) is 0 Å². The number of carbonyl (C=O) groups is 2. The molecule has 7 nitrogen and oxygen atoms in total. The van der Waals surface area contributed by atoms with Crippen LogP contribution in [0.3, 0.4) is 0 Å². The second-order valence-corrected chi connectivity index (χ2v) is 14.6. The summed E-state index contributed by atoms with van der Waals surface area (Å²) in [7, 11) is 0. The number of hydrogen-bond donors (Lipinski definition) is 3. The van der Waals surface area contributed by atoms with Crippen LogP contribution in [-0.4, -0.2) is 28.4 Å². The maximum atomic E-state index is 14.0. The summed E-state index contributed by atoms with van der Waals surface area (Å²) in [5.41, 5.74) is 15.1. The highest BCUT2D eigenvalue weighted by Crippen LogP contribution is 2.44. The van der Waals surface area contributed by atoms with Gasteiger partial charge < -0.3 is 21.0 Å². The summed E-state index contributed by atoms with van der Waals surface area (Å²) < 4.78 is 0. The van der Waals surface area contributed by atoms with Gasteiger partial charge in [0.15, 0.2) is 5.84 Å². The molecular weight excluding hydrogens is 635 g/mol. The Morgan fingerprint density at radius 3 is 2.24 bits per heavy atom. The summed E-state index contributed by atoms with van der Waals surface area (Å²) >= 11 is 0. The molecule has 0 atom stereocenters. The van der Waals surface area contributed by atoms with Gasteiger partial charge >= 0.3 is 5.97 Å². The summed E-state index contributed by atoms with van der Waals surface area (Å²) in [5, 5.41) is 16.6. The molecule has 2 aliphatic carbocycles. The van der Waals surface area contributed by atoms with Crippen molar-refractivity contribution in [1.82, 2.24) is 5.32 Å². The molecule has 3 aromatic carbocycles. The minimum absolute atomic E-state index is 0.139. The molecule has 0 radical (unpaired) electrons. The second-order valence-electron chi connectivity index (χ2n) is 14.6. The number of oxime groups is 1. The number of aryl methyl sites for hydroxylation is 1. The zero-order valence-electron chi connectivity index (χ0n) is 30.8. The number of nitrogens with two attached hydrogens (primary N) is 1. The van der Waals surface area contributed by atoms with Crippen LogP contribution >= 0.6 is 0 Å². The maximum absolute atomic E-state index is 14.0. The molecule has 0 bridgehead atoms. The molecule has 3 aromatic rings. The molecule has 0 aromatic heterocycles. The number of nitrogens with zero attached hydrogens (tertiary/aromatic N) is 1. The van der Waals surface area contributed by atoms with Gasteiger partial charge in [-0.3, -0.25) is 4.79 Å². The fourth-order valence-electron chi connectivity index (χ4n) is 7.88. The number of amidine groups is 1. The van der Waals surface area contributed by atoms with Crippen molar-refractivity contribution in [2.75, 3.05) is 0 Å². The Hall–Kier alpha value is -4.65. The predicted octanol–water partition coefficient (Wildman–Crippen LogP) is 10.2. The van der Waals surface area contributed by atoms with Crippen molar-refractivity contribution >= 4 is 34.9 Å². The number of nitrogens with one attached hydrogen (secondary N) is 1. The van der Waals surface area contributed by atoms with E-state index in [1.165, 1.54) is 78.5 Å². The van der Waals surface area contributed by atoms with Gasteiger partial charge in [0.05, 0.1) is 5.56 Å². The number of benzene rings is 3. The Bertz CT molecular complexity index is 1760. The second kappa shape index (κ2) is 17.5. The summed E-state index contributed by atoms with van der Waals surface area (Å²) in [4.78, 5) is 30.7. The van der Waals surface area contributed by atoms with E-state index in [9.17, 15) is 9.59 Å². The van der Waals surface area contributed by atoms with Crippen molar-refractivity contribution in [3.63, 3.8) is 0 Å². The topological polar surface area (TPSA) is 114 Å². The lowest BCUT2D eigenvalue weighted by molar-refractivity contribution is 0.0696. The smallest absolute Gasteiger partial charge is 0.335 e. The van der Waals surface area contributed by atoms with Gasteiger partial charge in [-0.2, -0.15) is 0 Å². The molecule has 51 heavy (non-hydrogen) atoms. The van der Waals surface area contributed by atoms with Gasteiger partial charge in [-0.05, 0) is 114 Å². The van der Waals surface area contributed by atoms with Gasteiger partial charge in [0.1, 0.15) is 12.1 Å². The van der Waals surface area contributed by atoms with Crippen LogP contribution < -0.4 is 11.1 Å². The highest BCUT2D eigenvalue weighted by atomic mass is 16.6. The van der Waals surface area contributed by atoms with Crippen molar-refractivity contribution in [3.8, 4) is 0 Å². The molecule has 0 heterocycles. The van der Waals surface area contributed by atoms with Gasteiger partial charge in [0.25, 0.3) is 5.91 Å². The van der Waals surface area contributed by atoms with E-state index in [1.807, 2.05) is 12.1 Å². The van der Waals surface area contributed by atoms with Gasteiger partial charge in [-0.15, -0.1) is 0 Å². The molecule has 0 saturated heterocycles. The monoisotopic (exact) mass is 689 g/mol. The highest BCUT2D eigenvalue weighted by molar-refractivity contribution is 6.01. The summed E-state index contributed by atoms with van der Waals surface area (Å²) in [6, 6.07) is 21.4. The zero-order valence-corrected chi connectivity index (χ0v) is 30.8. The molecule has 270 valence electrons. The van der Waals surface area contributed by atoms with E-state index in [4.69, 9.17) is 15.7 Å². The van der Waals surface area contributed by atoms with Gasteiger partial charge in [0, 0.05) is 5.56 Å². The van der Waals surface area contributed by atoms with Crippen molar-refractivity contribution in [3.05, 3.63) is 112 Å². The van der Waals surface area contributed by atoms with Gasteiger partial charge in [0.2, 0.25) is 0 Å². The molecule has 2 aliphatic rings. The average molecular weight is 690 g/mol. The number of carboxylic acid groups (broad SMARTS) is 1. The number of aromatic carboxylic acids is 1. The van der Waals surface area contributed by atoms with Crippen molar-refractivity contribution in [2.45, 2.75) is 110 Å². The van der Waals surface area contributed by atoms with Crippen molar-refractivity contribution < 1.29 is 19.5 Å². The van der Waals surface area contributed by atoms with Crippen LogP contribution in [0.5, 0.6) is 0 Å². The van der Waals surface area contributed by atoms with Crippen LogP contribution in [-0.2, 0) is 11.4 Å². The molecule has 0 spiro atoms. The summed E-state index contributed by atoms with van der Waals surface area (Å²) in [6.45, 7) is 9.08. The fourth-order valence-corrected chi connectivity index (χ4v) is 7.88. The normalized spacial score (nSPS) is 17.3. The molecule has 1 amide bonds. The third kappa shape index (κ3) is 9.18. The number of carboxylic acids is 1. The highest BCUT2D eigenvalue weighted by Gasteiger charge is 2.40. The quantitative estimate of drug-likeness (QED) is 0.0543. The molecule has 4 N–H and O–H groups in total. The first kappa shape index (κ1) is 37.6. The minimum atomic E-state index is -0.980. The first-order valence-electron chi connectivity index (χ1n) is 18.8. The number of hydrogen-bond acceptors (Lipinski definition) is 4. The molecule has 7 heteroatoms. The predicted molar refractivity (Wildman–Crippen MR) is 208 cm³/mol. The van der Waals surface area contributed by atoms with Crippen LogP contribution in [0.4, 0.5) is 0 Å². The van der Waals surface area contributed by atoms with Crippen LogP contribution in [0.1, 0.15) is 140 Å². The fraction of sp³-hybridized carbons (Fsp3) is 0.432. The van der Waals surface area contributed by atoms with E-state index >= 15 is 0 Å². The van der Waals surface area contributed by atoms with E-state index in [1.54, 1.807) is 12.1 Å². The van der Waals surface area contributed by atoms with E-state index in [2.05, 4.69) is 80.7 Å². The first-order chi connectivity index (χ1) is 24.6. The largest absolute Gasteiger partial charge is 0.478 e. The molecule has 5 rings (SSSR count). The van der Waals surface area contributed by atoms with Crippen molar-refractivity contribution in [1.29, 1.82) is 0 Å². The Morgan fingerprint density at radius 2 is 1.61 bits per heavy atom. The van der Waals surface area contributed by atoms with Crippen molar-refractivity contribution in [2.24, 2.45) is 22.7 Å². The maximum Gasteiger partial charge on any atom is 0.335 e. The number of carbonyl (C=O) groups excluding carboxylic acids is 1. The van der Waals surface area contributed by atoms with E-state index in [0.29, 0.717) is 30.2 Å². The molecule has 0 unspecified atom stereocenters. The molecule has 2 fully saturated rings. The Labute approximate surface area is 304 Å². The van der Waals surface area contributed by atoms with E-state index in [0.717, 1.165) is 30.4 Å². The number of amides is 1. The Balaban J connectivity index is 1.44. The third-order valence-electron chi connectivity index (χ3n) is 10.6. The zero-order chi connectivity index (χ0) is 36.4. The first-order valence-corrected chi connectivity index (χ1v) is 18.8. The summed E-state index contributed by atoms with van der Waals surface area (Å²) in [6.07, 6.45) is 16.1. The lowest BCUT2D eigenvalue weighted by Crippen LogP contribution is -2.55. The van der Waals surface area contributed by atoms with Crippen LogP contribution in [0, 0.1) is 18.8 Å². The van der Waals surface area contributed by atoms with E-state index < -0.39 is 11.5 Å². The standard InChI is InChI=1S/C44H55N3O4/c1-5-6-15-33-16-11-12-19-38(33)39(30(2)3)40(34-17-9-7-8-10-18-34)37-25-24-36(28-31(37)4)41(48)46-44(26-13-14-27-44)43(45)47-51-29-32-20-22-35(23-21-32)42(49)50/h6,11-12,15-16,19-25,28,30,34H,5,7-10,13-14,17-18,26-27,29H2,1-4H3,(H2,45,47)(H,46,48)(H,49,50)/b15-6-,40-39+. The lowest BCUT2D eigenvalue weighted by atomic mass is 9.76. The minimum Gasteiger partial charge on any atom is -0.478 e. The number of rotatable bonds is 13. The van der Waals surface area contributed by atoms with E-state index in [-0.39, 0.29) is 23.9 Å². The number of allylic oxidation sites excluding steroid dienone is 3.